The average molecular weight is 660 g/mol. The van der Waals surface area contributed by atoms with E-state index >= 15 is 0 Å². The zero-order valence-corrected chi connectivity index (χ0v) is 26.6. The number of carbonyl (C=O) groups excluding carboxylic acids is 2. The maximum atomic E-state index is 13.6. The Kier molecular flexibility index (Phi) is 11.3. The third kappa shape index (κ3) is 9.09. The van der Waals surface area contributed by atoms with E-state index in [1.54, 1.807) is 24.3 Å². The molecule has 0 aliphatic rings. The fourth-order valence-electron chi connectivity index (χ4n) is 4.13. The van der Waals surface area contributed by atoms with Gasteiger partial charge in [-0.3, -0.25) is 9.59 Å². The summed E-state index contributed by atoms with van der Waals surface area (Å²) in [6, 6.07) is 34.2. The van der Waals surface area contributed by atoms with Crippen LogP contribution in [0.2, 0.25) is 10.0 Å². The van der Waals surface area contributed by atoms with Crippen molar-refractivity contribution in [3.63, 3.8) is 0 Å². The fourth-order valence-corrected chi connectivity index (χ4v) is 5.92. The monoisotopic (exact) mass is 658 g/mol. The van der Waals surface area contributed by atoms with Crippen molar-refractivity contribution in [2.24, 2.45) is 0 Å². The summed E-state index contributed by atoms with van der Waals surface area (Å²) >= 11 is 14.3. The van der Waals surface area contributed by atoms with E-state index in [-0.39, 0.29) is 33.3 Å². The first kappa shape index (κ1) is 31.6. The highest BCUT2D eigenvalue weighted by atomic mass is 35.5. The lowest BCUT2D eigenvalue weighted by molar-refractivity contribution is 0.107. The molecule has 222 valence electrons. The molecule has 5 rings (SSSR count). The molecule has 1 heterocycles. The largest absolute Gasteiger partial charge is 0.364 e. The van der Waals surface area contributed by atoms with Crippen LogP contribution >= 0.6 is 46.7 Å². The van der Waals surface area contributed by atoms with Crippen LogP contribution in [0.3, 0.4) is 0 Å². The molecule has 4 aromatic carbocycles. The molecule has 0 unspecified atom stereocenters. The first-order valence-electron chi connectivity index (χ1n) is 13.8. The normalized spacial score (nSPS) is 10.8. The van der Waals surface area contributed by atoms with Gasteiger partial charge in [0.2, 0.25) is 10.2 Å². The summed E-state index contributed by atoms with van der Waals surface area (Å²) in [6.07, 6.45) is 0. The Morgan fingerprint density at radius 2 is 0.886 bits per heavy atom. The highest BCUT2D eigenvalue weighted by molar-refractivity contribution is 8.13. The smallest absolute Gasteiger partial charge is 0.241 e. The second-order valence-electron chi connectivity index (χ2n) is 9.70. The Hall–Kier alpha value is -3.82. The van der Waals surface area contributed by atoms with Crippen molar-refractivity contribution >= 4 is 68.6 Å². The van der Waals surface area contributed by atoms with Crippen molar-refractivity contribution < 1.29 is 9.59 Å². The minimum Gasteiger partial charge on any atom is -0.364 e. The van der Waals surface area contributed by atoms with Crippen LogP contribution in [0.15, 0.2) is 109 Å². The molecule has 0 aliphatic carbocycles. The van der Waals surface area contributed by atoms with Gasteiger partial charge in [-0.25, -0.2) is 9.97 Å². The van der Waals surface area contributed by atoms with Crippen LogP contribution in [0, 0.1) is 0 Å². The molecule has 0 atom stereocenters. The zero-order chi connectivity index (χ0) is 30.7. The van der Waals surface area contributed by atoms with Gasteiger partial charge in [0, 0.05) is 34.6 Å². The number of halogens is 2. The zero-order valence-electron chi connectivity index (χ0n) is 23.5. The highest BCUT2D eigenvalue weighted by Crippen LogP contribution is 2.29. The molecule has 0 radical (unpaired) electrons. The molecule has 0 aliphatic heterocycles. The Bertz CT molecular complexity index is 1580. The van der Waals surface area contributed by atoms with Gasteiger partial charge in [-0.05, 0) is 46.5 Å². The van der Waals surface area contributed by atoms with E-state index in [1.165, 1.54) is 0 Å². The number of nitrogens with zero attached hydrogens (tertiary/aromatic N) is 2. The first-order chi connectivity index (χ1) is 21.4. The maximum absolute atomic E-state index is 13.6. The summed E-state index contributed by atoms with van der Waals surface area (Å²) in [6.45, 7) is 0.806. The quantitative estimate of drug-likeness (QED) is 0.137. The minimum atomic E-state index is -0.265. The minimum absolute atomic E-state index is 0.148. The van der Waals surface area contributed by atoms with E-state index in [4.69, 9.17) is 33.2 Å². The topological polar surface area (TPSA) is 84.0 Å². The molecule has 0 saturated heterocycles. The van der Waals surface area contributed by atoms with Crippen LogP contribution in [-0.4, -0.2) is 20.2 Å². The summed E-state index contributed by atoms with van der Waals surface area (Å²) in [7, 11) is 0. The predicted molar refractivity (Wildman–Crippen MR) is 184 cm³/mol. The summed E-state index contributed by atoms with van der Waals surface area (Å²) in [5, 5.41) is 7.26. The average Bonchev–Trinajstić information content (AvgIpc) is 3.06. The van der Waals surface area contributed by atoms with E-state index in [1.807, 2.05) is 84.9 Å². The molecular formula is C34H28Cl2N4O2S2. The predicted octanol–water partition coefficient (Wildman–Crippen LogP) is 9.15. The molecule has 0 fully saturated rings. The number of benzene rings is 4. The molecule has 10 heteroatoms. The second-order valence-corrected chi connectivity index (χ2v) is 12.5. The van der Waals surface area contributed by atoms with Crippen LogP contribution in [0.25, 0.3) is 0 Å². The van der Waals surface area contributed by atoms with Crippen molar-refractivity contribution in [3.05, 3.63) is 153 Å². The number of rotatable bonds is 12. The molecule has 0 amide bonds. The van der Waals surface area contributed by atoms with Crippen LogP contribution in [0.5, 0.6) is 0 Å². The second kappa shape index (κ2) is 15.8. The van der Waals surface area contributed by atoms with Crippen molar-refractivity contribution in [1.29, 1.82) is 0 Å². The number of anilines is 2. The van der Waals surface area contributed by atoms with E-state index in [0.29, 0.717) is 34.6 Å². The van der Waals surface area contributed by atoms with E-state index in [9.17, 15) is 9.59 Å². The molecule has 0 spiro atoms. The molecule has 0 bridgehead atoms. The van der Waals surface area contributed by atoms with Gasteiger partial charge in [-0.15, -0.1) is 0 Å². The molecule has 5 aromatic rings. The number of aromatic nitrogens is 2. The lowest BCUT2D eigenvalue weighted by atomic mass is 10.2. The summed E-state index contributed by atoms with van der Waals surface area (Å²) in [5.74, 6) is 1.37. The molecule has 0 saturated carbocycles. The highest BCUT2D eigenvalue weighted by Gasteiger charge is 2.24. The maximum Gasteiger partial charge on any atom is 0.241 e. The summed E-state index contributed by atoms with van der Waals surface area (Å²) in [4.78, 5) is 36.7. The van der Waals surface area contributed by atoms with Gasteiger partial charge in [0.05, 0.1) is 0 Å². The van der Waals surface area contributed by atoms with Crippen LogP contribution in [-0.2, 0) is 24.6 Å². The molecule has 1 aromatic heterocycles. The van der Waals surface area contributed by atoms with E-state index in [0.717, 1.165) is 45.8 Å². The van der Waals surface area contributed by atoms with Gasteiger partial charge >= 0.3 is 0 Å². The van der Waals surface area contributed by atoms with Gasteiger partial charge in [-0.2, -0.15) is 0 Å². The Morgan fingerprint density at radius 3 is 1.25 bits per heavy atom. The molecule has 2 N–H and O–H groups in total. The molecule has 44 heavy (non-hydrogen) atoms. The third-order valence-electron chi connectivity index (χ3n) is 6.45. The summed E-state index contributed by atoms with van der Waals surface area (Å²) in [5.41, 5.74) is 4.19. The lowest BCUT2D eigenvalue weighted by Crippen LogP contribution is -2.17. The van der Waals surface area contributed by atoms with Gasteiger partial charge in [-0.1, -0.05) is 132 Å². The van der Waals surface area contributed by atoms with Crippen LogP contribution < -0.4 is 10.6 Å². The van der Waals surface area contributed by atoms with Gasteiger partial charge in [0.15, 0.2) is 23.0 Å². The first-order valence-corrected chi connectivity index (χ1v) is 16.5. The third-order valence-corrected chi connectivity index (χ3v) is 8.82. The Balaban J connectivity index is 1.46. The number of carbonyl (C=O) groups is 2. The molecular weight excluding hydrogens is 631 g/mol. The van der Waals surface area contributed by atoms with Gasteiger partial charge in [0.25, 0.3) is 0 Å². The van der Waals surface area contributed by atoms with Crippen molar-refractivity contribution in [1.82, 2.24) is 9.97 Å². The van der Waals surface area contributed by atoms with E-state index in [2.05, 4.69) is 10.6 Å². The van der Waals surface area contributed by atoms with E-state index < -0.39 is 0 Å². The number of nitrogens with one attached hydrogen (secondary N) is 2. The van der Waals surface area contributed by atoms with Gasteiger partial charge < -0.3 is 10.6 Å². The summed E-state index contributed by atoms with van der Waals surface area (Å²) < 4.78 is 0. The lowest BCUT2D eigenvalue weighted by Gasteiger charge is -2.16. The Morgan fingerprint density at radius 1 is 0.523 bits per heavy atom. The number of thioether (sulfide) groups is 2. The van der Waals surface area contributed by atoms with Crippen LogP contribution in [0.1, 0.15) is 43.2 Å². The standard InChI is InChI=1S/C34H28Cl2N4O2S2/c35-27-15-11-25(12-16-27)21-43-33(41)29-31(37-19-23-7-3-1-4-8-23)39-30(32(40-29)38-20-24-9-5-2-6-10-24)34(42)44-22-26-13-17-28(36)18-14-26/h1-18H,19-22H2,(H,37,39)(H,38,40). The van der Waals surface area contributed by atoms with Crippen LogP contribution in [0.4, 0.5) is 11.6 Å². The van der Waals surface area contributed by atoms with Crippen molar-refractivity contribution in [3.8, 4) is 0 Å². The van der Waals surface area contributed by atoms with Crippen molar-refractivity contribution in [2.45, 2.75) is 24.6 Å². The van der Waals surface area contributed by atoms with Gasteiger partial charge in [0.1, 0.15) is 0 Å². The number of hydrogen-bond acceptors (Lipinski definition) is 8. The fraction of sp³-hybridized carbons (Fsp3) is 0.118. The van der Waals surface area contributed by atoms with Crippen molar-refractivity contribution in [2.75, 3.05) is 10.6 Å². The SMILES string of the molecule is O=C(SCc1ccc(Cl)cc1)c1nc(NCc2ccccc2)c(C(=O)SCc2ccc(Cl)cc2)nc1NCc1ccccc1. The molecule has 6 nitrogen and oxygen atoms in total. The Labute approximate surface area is 275 Å². The number of hydrogen-bond donors (Lipinski definition) is 2.